The summed E-state index contributed by atoms with van der Waals surface area (Å²) < 4.78 is 8.56. The molecule has 124 valence electrons. The molecule has 0 fully saturated rings. The van der Waals surface area contributed by atoms with Gasteiger partial charge in [-0.05, 0) is 39.8 Å². The number of fused-ring (bicyclic) bond motifs is 1. The first kappa shape index (κ1) is 18.3. The Morgan fingerprint density at radius 2 is 1.86 bits per heavy atom. The normalized spacial score (nSPS) is 12.0. The summed E-state index contributed by atoms with van der Waals surface area (Å²) in [4.78, 5) is 0. The van der Waals surface area contributed by atoms with E-state index in [2.05, 4.69) is 39.8 Å². The van der Waals surface area contributed by atoms with E-state index in [1.54, 1.807) is 4.52 Å². The van der Waals surface area contributed by atoms with Crippen LogP contribution in [0.15, 0.2) is 24.4 Å². The first-order valence-electron chi connectivity index (χ1n) is 7.56. The van der Waals surface area contributed by atoms with Gasteiger partial charge in [0.1, 0.15) is 18.8 Å². The number of hydrogen-bond acceptors (Lipinski definition) is 3. The predicted molar refractivity (Wildman–Crippen MR) is 92.8 cm³/mol. The van der Waals surface area contributed by atoms with E-state index in [0.29, 0.717) is 30.3 Å². The van der Waals surface area contributed by atoms with E-state index >= 15 is 0 Å². The molecule has 2 aromatic rings. The molecule has 0 radical (unpaired) electrons. The number of quaternary nitrogens is 1. The van der Waals surface area contributed by atoms with Gasteiger partial charge in [-0.2, -0.15) is 0 Å². The van der Waals surface area contributed by atoms with Crippen LogP contribution >= 0.6 is 0 Å². The van der Waals surface area contributed by atoms with E-state index in [4.69, 9.17) is 10.5 Å². The molecular formula is C17H30N4O. The van der Waals surface area contributed by atoms with Crippen molar-refractivity contribution in [2.45, 2.75) is 39.8 Å². The van der Waals surface area contributed by atoms with Crippen LogP contribution in [0, 0.1) is 7.43 Å². The fourth-order valence-corrected chi connectivity index (χ4v) is 2.55. The van der Waals surface area contributed by atoms with E-state index in [1.165, 1.54) is 0 Å². The second-order valence-electron chi connectivity index (χ2n) is 6.36. The number of nitrogens with zero attached hydrogens (tertiary/aromatic N) is 3. The van der Waals surface area contributed by atoms with Gasteiger partial charge in [0.25, 0.3) is 5.88 Å². The minimum atomic E-state index is 0. The fourth-order valence-electron chi connectivity index (χ4n) is 2.55. The van der Waals surface area contributed by atoms with E-state index in [1.807, 2.05) is 24.4 Å². The smallest absolute Gasteiger partial charge is 0.257 e. The van der Waals surface area contributed by atoms with Crippen LogP contribution in [-0.4, -0.2) is 46.4 Å². The maximum Gasteiger partial charge on any atom is 0.257 e. The van der Waals surface area contributed by atoms with Crippen LogP contribution in [0.3, 0.4) is 0 Å². The molecule has 0 aliphatic carbocycles. The van der Waals surface area contributed by atoms with Crippen molar-refractivity contribution >= 4 is 11.2 Å². The third kappa shape index (κ3) is 3.35. The van der Waals surface area contributed by atoms with Crippen LogP contribution in [-0.2, 0) is 0 Å². The highest BCUT2D eigenvalue weighted by Gasteiger charge is 2.29. The van der Waals surface area contributed by atoms with Crippen LogP contribution in [0.4, 0.5) is 5.69 Å². The lowest BCUT2D eigenvalue weighted by Crippen LogP contribution is -2.56. The topological polar surface area (TPSA) is 52.5 Å². The summed E-state index contributed by atoms with van der Waals surface area (Å²) in [6.07, 6.45) is 1.88. The van der Waals surface area contributed by atoms with Crippen molar-refractivity contribution in [3.63, 3.8) is 0 Å². The number of nitrogens with two attached hydrogens (primary N) is 1. The van der Waals surface area contributed by atoms with Crippen LogP contribution in [0.5, 0.6) is 5.88 Å². The van der Waals surface area contributed by atoms with Gasteiger partial charge in [-0.3, -0.25) is 0 Å². The number of nitrogen functional groups attached to an aromatic ring is 1. The highest BCUT2D eigenvalue weighted by molar-refractivity contribution is 5.74. The van der Waals surface area contributed by atoms with Crippen LogP contribution in [0.1, 0.15) is 27.7 Å². The van der Waals surface area contributed by atoms with Gasteiger partial charge in [0.05, 0.1) is 24.6 Å². The molecule has 0 aromatic carbocycles. The zero-order chi connectivity index (χ0) is 15.6. The molecule has 0 aliphatic rings. The van der Waals surface area contributed by atoms with Gasteiger partial charge in [0.15, 0.2) is 0 Å². The summed E-state index contributed by atoms with van der Waals surface area (Å²) in [5.74, 6) is 0.528. The number of rotatable bonds is 6. The molecule has 0 atom stereocenters. The Labute approximate surface area is 134 Å². The first-order valence-corrected chi connectivity index (χ1v) is 7.56. The van der Waals surface area contributed by atoms with E-state index in [9.17, 15) is 0 Å². The minimum Gasteiger partial charge on any atom is -0.469 e. The SMILES string of the molecule is CC(C)[N+](C)(CCOc1nn2ccccc2c1N)C(C)C.[CH3-]. The average molecular weight is 306 g/mol. The molecule has 22 heavy (non-hydrogen) atoms. The zero-order valence-electron chi connectivity index (χ0n) is 14.7. The predicted octanol–water partition coefficient (Wildman–Crippen LogP) is 3.01. The minimum absolute atomic E-state index is 0. The molecule has 0 saturated carbocycles. The molecule has 0 amide bonds. The molecule has 5 nitrogen and oxygen atoms in total. The quantitative estimate of drug-likeness (QED) is 0.659. The molecule has 0 saturated heterocycles. The van der Waals surface area contributed by atoms with Gasteiger partial charge in [-0.25, -0.2) is 4.52 Å². The Kier molecular flexibility index (Phi) is 5.83. The van der Waals surface area contributed by atoms with Gasteiger partial charge in [-0.1, -0.05) is 6.07 Å². The monoisotopic (exact) mass is 306 g/mol. The third-order valence-corrected chi connectivity index (χ3v) is 4.72. The Bertz CT molecular complexity index is 596. The Morgan fingerprint density at radius 1 is 1.23 bits per heavy atom. The lowest BCUT2D eigenvalue weighted by Gasteiger charge is -2.42. The molecule has 2 rings (SSSR count). The number of aromatic nitrogens is 2. The molecule has 2 N–H and O–H groups in total. The number of ether oxygens (including phenoxy) is 1. The van der Waals surface area contributed by atoms with Crippen molar-refractivity contribution < 1.29 is 9.22 Å². The van der Waals surface area contributed by atoms with Gasteiger partial charge >= 0.3 is 0 Å². The van der Waals surface area contributed by atoms with Crippen molar-refractivity contribution in [2.24, 2.45) is 0 Å². The Hall–Kier alpha value is -1.75. The Balaban J connectivity index is 0.00000242. The molecular weight excluding hydrogens is 276 g/mol. The summed E-state index contributed by atoms with van der Waals surface area (Å²) in [6, 6.07) is 6.91. The summed E-state index contributed by atoms with van der Waals surface area (Å²) in [5, 5.41) is 4.38. The molecule has 2 heterocycles. The number of likely N-dealkylation sites (N-methyl/N-ethyl adjacent to an activating group) is 1. The lowest BCUT2D eigenvalue weighted by molar-refractivity contribution is -0.949. The number of pyridine rings is 1. The summed E-state index contributed by atoms with van der Waals surface area (Å²) >= 11 is 0. The fraction of sp³-hybridized carbons (Fsp3) is 0.529. The number of anilines is 1. The van der Waals surface area contributed by atoms with Gasteiger partial charge < -0.3 is 22.4 Å². The largest absolute Gasteiger partial charge is 0.469 e. The van der Waals surface area contributed by atoms with Crippen molar-refractivity contribution in [3.05, 3.63) is 31.8 Å². The van der Waals surface area contributed by atoms with Crippen LogP contribution in [0.25, 0.3) is 5.52 Å². The van der Waals surface area contributed by atoms with Crippen LogP contribution in [0.2, 0.25) is 0 Å². The summed E-state index contributed by atoms with van der Waals surface area (Å²) in [6.45, 7) is 10.5. The highest BCUT2D eigenvalue weighted by Crippen LogP contribution is 2.25. The van der Waals surface area contributed by atoms with Gasteiger partial charge in [0.2, 0.25) is 0 Å². The number of hydrogen-bond donors (Lipinski definition) is 1. The Morgan fingerprint density at radius 3 is 2.41 bits per heavy atom. The second kappa shape index (κ2) is 7.01. The molecule has 0 spiro atoms. The summed E-state index contributed by atoms with van der Waals surface area (Å²) in [7, 11) is 2.27. The van der Waals surface area contributed by atoms with E-state index in [-0.39, 0.29) is 7.43 Å². The maximum absolute atomic E-state index is 6.09. The summed E-state index contributed by atoms with van der Waals surface area (Å²) in [5.41, 5.74) is 7.59. The molecule has 0 bridgehead atoms. The van der Waals surface area contributed by atoms with Crippen molar-refractivity contribution in [1.82, 2.24) is 9.61 Å². The van der Waals surface area contributed by atoms with Gasteiger partial charge in [-0.15, -0.1) is 5.10 Å². The maximum atomic E-state index is 6.09. The first-order chi connectivity index (χ1) is 9.86. The average Bonchev–Trinajstić information content (AvgIpc) is 2.75. The molecule has 0 unspecified atom stereocenters. The molecule has 2 aromatic heterocycles. The molecule has 5 heteroatoms. The van der Waals surface area contributed by atoms with Crippen molar-refractivity contribution in [3.8, 4) is 5.88 Å². The third-order valence-electron chi connectivity index (χ3n) is 4.72. The highest BCUT2D eigenvalue weighted by atomic mass is 16.5. The van der Waals surface area contributed by atoms with Crippen LogP contribution < -0.4 is 10.5 Å². The lowest BCUT2D eigenvalue weighted by atomic mass is 10.1. The van der Waals surface area contributed by atoms with Crippen molar-refractivity contribution in [2.75, 3.05) is 25.9 Å². The standard InChI is InChI=1S/C16H27N4O.CH3/c1-12(2)20(5,13(3)4)10-11-21-16-15(17)14-8-6-7-9-19(14)18-16;/h6-9,12-13H,10-11,17H2,1-5H3;1H3/q+1;-1. The van der Waals surface area contributed by atoms with Crippen molar-refractivity contribution in [1.29, 1.82) is 0 Å². The van der Waals surface area contributed by atoms with E-state index < -0.39 is 0 Å². The second-order valence-corrected chi connectivity index (χ2v) is 6.36. The zero-order valence-corrected chi connectivity index (χ0v) is 14.7. The van der Waals surface area contributed by atoms with Gasteiger partial charge in [0, 0.05) is 6.20 Å². The van der Waals surface area contributed by atoms with E-state index in [0.717, 1.165) is 16.5 Å². The molecule has 0 aliphatic heterocycles.